The number of hydrogen-bond acceptors (Lipinski definition) is 3. The highest BCUT2D eigenvalue weighted by molar-refractivity contribution is 6.01. The molecule has 1 fully saturated rings. The zero-order valence-electron chi connectivity index (χ0n) is 10.1. The second kappa shape index (κ2) is 4.78. The van der Waals surface area contributed by atoms with Crippen LogP contribution >= 0.6 is 0 Å². The van der Waals surface area contributed by atoms with Crippen LogP contribution in [0.3, 0.4) is 0 Å². The fraction of sp³-hybridized carbons (Fsp3) is 0.385. The van der Waals surface area contributed by atoms with E-state index in [1.807, 2.05) is 18.2 Å². The van der Waals surface area contributed by atoms with E-state index in [1.165, 1.54) is 0 Å². The molecule has 94 valence electrons. The number of anilines is 1. The summed E-state index contributed by atoms with van der Waals surface area (Å²) in [7, 11) is 0. The molecule has 1 amide bonds. The summed E-state index contributed by atoms with van der Waals surface area (Å²) in [6.07, 6.45) is 3.78. The van der Waals surface area contributed by atoms with Crippen LogP contribution in [0.5, 0.6) is 0 Å². The number of amides is 1. The van der Waals surface area contributed by atoms with Crippen LogP contribution < -0.4 is 10.6 Å². The van der Waals surface area contributed by atoms with Crippen LogP contribution in [-0.4, -0.2) is 29.2 Å². The predicted molar refractivity (Wildman–Crippen MR) is 70.3 cm³/mol. The first-order valence-corrected chi connectivity index (χ1v) is 6.28. The van der Waals surface area contributed by atoms with Crippen molar-refractivity contribution in [2.45, 2.75) is 12.8 Å². The molecule has 1 aromatic heterocycles. The number of benzene rings is 1. The lowest BCUT2D eigenvalue weighted by Gasteiger charge is -2.21. The van der Waals surface area contributed by atoms with Gasteiger partial charge in [0.2, 0.25) is 5.91 Å². The summed E-state index contributed by atoms with van der Waals surface area (Å²) in [5, 5.41) is 14.2. The first kappa shape index (κ1) is 11.2. The summed E-state index contributed by atoms with van der Waals surface area (Å²) >= 11 is 0. The number of aromatic amines is 1. The van der Waals surface area contributed by atoms with Gasteiger partial charge < -0.3 is 10.6 Å². The molecule has 5 heteroatoms. The highest BCUT2D eigenvalue weighted by atomic mass is 16.1. The predicted octanol–water partition coefficient (Wildman–Crippen LogP) is 1.50. The van der Waals surface area contributed by atoms with E-state index in [1.54, 1.807) is 6.20 Å². The molecule has 3 N–H and O–H groups in total. The Morgan fingerprint density at radius 1 is 1.44 bits per heavy atom. The number of para-hydroxylation sites is 1. The van der Waals surface area contributed by atoms with Gasteiger partial charge in [0.1, 0.15) is 0 Å². The van der Waals surface area contributed by atoms with Gasteiger partial charge >= 0.3 is 0 Å². The van der Waals surface area contributed by atoms with Crippen LogP contribution in [-0.2, 0) is 4.79 Å². The zero-order chi connectivity index (χ0) is 12.4. The molecule has 2 aromatic rings. The molecule has 18 heavy (non-hydrogen) atoms. The Morgan fingerprint density at radius 3 is 3.22 bits per heavy atom. The zero-order valence-corrected chi connectivity index (χ0v) is 10.1. The summed E-state index contributed by atoms with van der Waals surface area (Å²) in [5.41, 5.74) is 1.69. The molecule has 1 atom stereocenters. The second-order valence-corrected chi connectivity index (χ2v) is 4.67. The molecule has 0 aliphatic carbocycles. The third-order valence-corrected chi connectivity index (χ3v) is 3.40. The molecule has 3 rings (SSSR count). The minimum atomic E-state index is 0.0666. The highest BCUT2D eigenvalue weighted by Crippen LogP contribution is 2.22. The first-order chi connectivity index (χ1) is 8.84. The maximum absolute atomic E-state index is 12.1. The summed E-state index contributed by atoms with van der Waals surface area (Å²) in [5.74, 6) is 0.154. The number of carbonyl (C=O) groups is 1. The number of nitrogens with zero attached hydrogens (tertiary/aromatic N) is 1. The minimum Gasteiger partial charge on any atom is -0.324 e. The fourth-order valence-corrected chi connectivity index (χ4v) is 2.38. The Balaban J connectivity index is 1.79. The molecular formula is C13H16N4O. The van der Waals surface area contributed by atoms with Crippen molar-refractivity contribution in [3.63, 3.8) is 0 Å². The largest absolute Gasteiger partial charge is 0.324 e. The Bertz CT molecular complexity index is 557. The number of carbonyl (C=O) groups excluding carboxylic acids is 1. The SMILES string of the molecule is O=C(Nc1cccc2cn[nH]c12)[C@H]1CCCNC1. The summed E-state index contributed by atoms with van der Waals surface area (Å²) in [6, 6.07) is 5.79. The Labute approximate surface area is 105 Å². The normalized spacial score (nSPS) is 19.9. The minimum absolute atomic E-state index is 0.0666. The molecule has 1 aromatic carbocycles. The molecule has 1 aliphatic rings. The van der Waals surface area contributed by atoms with Crippen molar-refractivity contribution in [2.75, 3.05) is 18.4 Å². The van der Waals surface area contributed by atoms with Gasteiger partial charge in [0.05, 0.1) is 23.3 Å². The first-order valence-electron chi connectivity index (χ1n) is 6.28. The van der Waals surface area contributed by atoms with Crippen molar-refractivity contribution in [3.05, 3.63) is 24.4 Å². The van der Waals surface area contributed by atoms with Crippen molar-refractivity contribution in [1.29, 1.82) is 0 Å². The maximum atomic E-state index is 12.1. The van der Waals surface area contributed by atoms with Crippen molar-refractivity contribution in [1.82, 2.24) is 15.5 Å². The molecule has 0 saturated carbocycles. The molecule has 5 nitrogen and oxygen atoms in total. The number of piperidine rings is 1. The third-order valence-electron chi connectivity index (χ3n) is 3.40. The van der Waals surface area contributed by atoms with Gasteiger partial charge in [0.25, 0.3) is 0 Å². The highest BCUT2D eigenvalue weighted by Gasteiger charge is 2.21. The van der Waals surface area contributed by atoms with Crippen molar-refractivity contribution in [3.8, 4) is 0 Å². The average Bonchev–Trinajstić information content (AvgIpc) is 2.89. The molecule has 0 unspecified atom stereocenters. The van der Waals surface area contributed by atoms with Gasteiger partial charge in [-0.3, -0.25) is 9.89 Å². The maximum Gasteiger partial charge on any atom is 0.228 e. The van der Waals surface area contributed by atoms with Crippen LogP contribution in [0.25, 0.3) is 10.9 Å². The summed E-state index contributed by atoms with van der Waals surface area (Å²) in [4.78, 5) is 12.1. The number of hydrogen-bond donors (Lipinski definition) is 3. The lowest BCUT2D eigenvalue weighted by molar-refractivity contribution is -0.120. The van der Waals surface area contributed by atoms with Gasteiger partial charge in [-0.15, -0.1) is 0 Å². The van der Waals surface area contributed by atoms with Gasteiger partial charge in [-0.1, -0.05) is 12.1 Å². The van der Waals surface area contributed by atoms with Crippen LogP contribution in [0, 0.1) is 5.92 Å². The van der Waals surface area contributed by atoms with E-state index in [2.05, 4.69) is 20.8 Å². The average molecular weight is 244 g/mol. The van der Waals surface area contributed by atoms with Crippen LogP contribution in [0.15, 0.2) is 24.4 Å². The van der Waals surface area contributed by atoms with E-state index in [0.717, 1.165) is 42.5 Å². The summed E-state index contributed by atoms with van der Waals surface area (Å²) < 4.78 is 0. The Hall–Kier alpha value is -1.88. The van der Waals surface area contributed by atoms with Gasteiger partial charge in [-0.05, 0) is 25.5 Å². The van der Waals surface area contributed by atoms with E-state index in [4.69, 9.17) is 0 Å². The molecule has 0 spiro atoms. The van der Waals surface area contributed by atoms with E-state index in [9.17, 15) is 4.79 Å². The smallest absolute Gasteiger partial charge is 0.228 e. The van der Waals surface area contributed by atoms with E-state index in [-0.39, 0.29) is 11.8 Å². The molecule has 0 radical (unpaired) electrons. The van der Waals surface area contributed by atoms with Crippen molar-refractivity contribution in [2.24, 2.45) is 5.92 Å². The van der Waals surface area contributed by atoms with Crippen LogP contribution in [0.1, 0.15) is 12.8 Å². The molecule has 0 bridgehead atoms. The number of nitrogens with one attached hydrogen (secondary N) is 3. The number of fused-ring (bicyclic) bond motifs is 1. The standard InChI is InChI=1S/C13H16N4O/c18-13(10-4-2-6-14-7-10)16-11-5-1-3-9-8-15-17-12(9)11/h1,3,5,8,10,14H,2,4,6-7H2,(H,15,17)(H,16,18)/t10-/m0/s1. The van der Waals surface area contributed by atoms with Crippen LogP contribution in [0.4, 0.5) is 5.69 Å². The topological polar surface area (TPSA) is 69.8 Å². The molecule has 2 heterocycles. The van der Waals surface area contributed by atoms with E-state index >= 15 is 0 Å². The van der Waals surface area contributed by atoms with Crippen LogP contribution in [0.2, 0.25) is 0 Å². The fourth-order valence-electron chi connectivity index (χ4n) is 2.38. The third kappa shape index (κ3) is 2.09. The lowest BCUT2D eigenvalue weighted by Crippen LogP contribution is -2.37. The van der Waals surface area contributed by atoms with Gasteiger partial charge in [0.15, 0.2) is 0 Å². The monoisotopic (exact) mass is 244 g/mol. The Morgan fingerprint density at radius 2 is 2.39 bits per heavy atom. The molecular weight excluding hydrogens is 228 g/mol. The molecule has 1 aliphatic heterocycles. The van der Waals surface area contributed by atoms with Crippen molar-refractivity contribution < 1.29 is 4.79 Å². The lowest BCUT2D eigenvalue weighted by atomic mass is 9.99. The van der Waals surface area contributed by atoms with E-state index < -0.39 is 0 Å². The Kier molecular flexibility index (Phi) is 2.98. The van der Waals surface area contributed by atoms with E-state index in [0.29, 0.717) is 0 Å². The van der Waals surface area contributed by atoms with Gasteiger partial charge in [-0.25, -0.2) is 0 Å². The summed E-state index contributed by atoms with van der Waals surface area (Å²) in [6.45, 7) is 1.78. The number of H-pyrrole nitrogens is 1. The quantitative estimate of drug-likeness (QED) is 0.749. The van der Waals surface area contributed by atoms with Gasteiger partial charge in [0, 0.05) is 11.9 Å². The number of aromatic nitrogens is 2. The van der Waals surface area contributed by atoms with Crippen molar-refractivity contribution >= 4 is 22.5 Å². The second-order valence-electron chi connectivity index (χ2n) is 4.67. The van der Waals surface area contributed by atoms with Gasteiger partial charge in [-0.2, -0.15) is 5.10 Å². The molecule has 1 saturated heterocycles. The number of rotatable bonds is 2.